The highest BCUT2D eigenvalue weighted by Gasteiger charge is 2.25. The van der Waals surface area contributed by atoms with Gasteiger partial charge in [-0.1, -0.05) is 19.3 Å². The van der Waals surface area contributed by atoms with Crippen LogP contribution in [-0.2, 0) is 4.79 Å². The van der Waals surface area contributed by atoms with Crippen LogP contribution >= 0.6 is 0 Å². The van der Waals surface area contributed by atoms with Crippen molar-refractivity contribution in [2.24, 2.45) is 11.7 Å². The van der Waals surface area contributed by atoms with E-state index < -0.39 is 0 Å². The number of anilines is 1. The molecule has 0 bridgehead atoms. The van der Waals surface area contributed by atoms with Gasteiger partial charge in [0, 0.05) is 12.5 Å². The molecule has 20 heavy (non-hydrogen) atoms. The Morgan fingerprint density at radius 2 is 1.95 bits per heavy atom. The van der Waals surface area contributed by atoms with Crippen LogP contribution in [0.4, 0.5) is 5.95 Å². The van der Waals surface area contributed by atoms with Crippen molar-refractivity contribution in [3.8, 4) is 0 Å². The van der Waals surface area contributed by atoms with Gasteiger partial charge in [0.05, 0.1) is 11.4 Å². The van der Waals surface area contributed by atoms with E-state index in [0.717, 1.165) is 24.2 Å². The second-order valence-electron chi connectivity index (χ2n) is 5.63. The first-order chi connectivity index (χ1) is 9.56. The van der Waals surface area contributed by atoms with Crippen molar-refractivity contribution in [2.45, 2.75) is 58.4 Å². The third-order valence-corrected chi connectivity index (χ3v) is 4.05. The monoisotopic (exact) mass is 277 g/mol. The molecular weight excluding hydrogens is 254 g/mol. The Balaban J connectivity index is 2.09. The van der Waals surface area contributed by atoms with Crippen LogP contribution in [0.25, 0.3) is 0 Å². The van der Waals surface area contributed by atoms with E-state index in [1.54, 1.807) is 0 Å². The lowest BCUT2D eigenvalue weighted by molar-refractivity contribution is -0.118. The molecule has 1 fully saturated rings. The number of nitrogens with two attached hydrogens (primary N) is 1. The van der Waals surface area contributed by atoms with Crippen molar-refractivity contribution in [3.05, 3.63) is 11.4 Å². The average Bonchev–Trinajstić information content (AvgIpc) is 2.43. The lowest BCUT2D eigenvalue weighted by Crippen LogP contribution is -2.35. The molecule has 3 N–H and O–H groups in total. The molecule has 1 aliphatic rings. The van der Waals surface area contributed by atoms with Crippen LogP contribution in [0.3, 0.4) is 0 Å². The van der Waals surface area contributed by atoms with Gasteiger partial charge >= 0.3 is 0 Å². The minimum Gasteiger partial charge on any atom is -0.370 e. The van der Waals surface area contributed by atoms with E-state index in [4.69, 9.17) is 5.73 Å². The molecule has 0 saturated heterocycles. The van der Waals surface area contributed by atoms with Crippen LogP contribution in [0, 0.1) is 19.8 Å². The summed E-state index contributed by atoms with van der Waals surface area (Å²) >= 11 is 0. The molecule has 0 aliphatic heterocycles. The van der Waals surface area contributed by atoms with Gasteiger partial charge in [-0.05, 0) is 32.6 Å². The molecule has 1 aliphatic carbocycles. The highest BCUT2D eigenvalue weighted by Crippen LogP contribution is 2.29. The zero-order chi connectivity index (χ0) is 14.5. The van der Waals surface area contributed by atoms with Crippen molar-refractivity contribution in [1.29, 1.82) is 0 Å². The van der Waals surface area contributed by atoms with Gasteiger partial charge in [0.1, 0.15) is 0 Å². The molecule has 1 heterocycles. The SMILES string of the molecule is Cc1nnc(N[C@H](CC(N)=O)C2CCCCC2)nc1C. The fraction of sp³-hybridized carbons (Fsp3) is 0.714. The highest BCUT2D eigenvalue weighted by molar-refractivity contribution is 5.74. The predicted octanol–water partition coefficient (Wildman–Crippen LogP) is 1.72. The summed E-state index contributed by atoms with van der Waals surface area (Å²) in [4.78, 5) is 15.7. The van der Waals surface area contributed by atoms with Crippen molar-refractivity contribution in [2.75, 3.05) is 5.32 Å². The molecule has 1 aromatic heterocycles. The lowest BCUT2D eigenvalue weighted by atomic mass is 9.82. The summed E-state index contributed by atoms with van der Waals surface area (Å²) in [7, 11) is 0. The number of amides is 1. The molecule has 110 valence electrons. The van der Waals surface area contributed by atoms with Gasteiger partial charge in [-0.15, -0.1) is 5.10 Å². The number of nitrogens with one attached hydrogen (secondary N) is 1. The lowest BCUT2D eigenvalue weighted by Gasteiger charge is -2.30. The van der Waals surface area contributed by atoms with E-state index in [0.29, 0.717) is 18.3 Å². The van der Waals surface area contributed by atoms with E-state index in [1.165, 1.54) is 19.3 Å². The summed E-state index contributed by atoms with van der Waals surface area (Å²) in [6.07, 6.45) is 6.29. The molecule has 0 unspecified atom stereocenters. The average molecular weight is 277 g/mol. The van der Waals surface area contributed by atoms with Crippen molar-refractivity contribution in [1.82, 2.24) is 15.2 Å². The second kappa shape index (κ2) is 6.63. The normalized spacial score (nSPS) is 17.7. The van der Waals surface area contributed by atoms with E-state index >= 15 is 0 Å². The van der Waals surface area contributed by atoms with Crippen molar-refractivity contribution in [3.63, 3.8) is 0 Å². The fourth-order valence-electron chi connectivity index (χ4n) is 2.77. The van der Waals surface area contributed by atoms with E-state index in [9.17, 15) is 4.79 Å². The van der Waals surface area contributed by atoms with Crippen molar-refractivity contribution < 1.29 is 4.79 Å². The largest absolute Gasteiger partial charge is 0.370 e. The standard InChI is InChI=1S/C14H23N5O/c1-9-10(2)18-19-14(16-9)17-12(8-13(15)20)11-6-4-3-5-7-11/h11-12H,3-8H2,1-2H3,(H2,15,20)(H,16,17,19)/t12-/m1/s1. The van der Waals surface area contributed by atoms with Gasteiger partial charge in [-0.25, -0.2) is 4.98 Å². The van der Waals surface area contributed by atoms with E-state index in [2.05, 4.69) is 20.5 Å². The summed E-state index contributed by atoms with van der Waals surface area (Å²) in [5.41, 5.74) is 7.04. The first-order valence-electron chi connectivity index (χ1n) is 7.29. The van der Waals surface area contributed by atoms with Crippen LogP contribution in [0.2, 0.25) is 0 Å². The quantitative estimate of drug-likeness (QED) is 0.854. The summed E-state index contributed by atoms with van der Waals surface area (Å²) in [5.74, 6) is 0.663. The molecule has 1 aromatic rings. The first-order valence-corrected chi connectivity index (χ1v) is 7.29. The van der Waals surface area contributed by atoms with Gasteiger partial charge < -0.3 is 11.1 Å². The summed E-state index contributed by atoms with van der Waals surface area (Å²) in [6.45, 7) is 3.78. The Morgan fingerprint density at radius 3 is 2.55 bits per heavy atom. The number of carbonyl (C=O) groups excluding carboxylic acids is 1. The number of aromatic nitrogens is 3. The molecule has 0 spiro atoms. The number of carbonyl (C=O) groups is 1. The number of nitrogens with zero attached hydrogens (tertiary/aromatic N) is 3. The minimum absolute atomic E-state index is 0.0108. The minimum atomic E-state index is -0.287. The van der Waals surface area contributed by atoms with Crippen LogP contribution < -0.4 is 11.1 Å². The van der Waals surface area contributed by atoms with Crippen LogP contribution in [0.1, 0.15) is 49.9 Å². The number of primary amides is 1. The molecular formula is C14H23N5O. The van der Waals surface area contributed by atoms with Crippen LogP contribution in [0.5, 0.6) is 0 Å². The second-order valence-corrected chi connectivity index (χ2v) is 5.63. The Kier molecular flexibility index (Phi) is 4.87. The Bertz CT molecular complexity index is 471. The Labute approximate surface area is 119 Å². The summed E-state index contributed by atoms with van der Waals surface area (Å²) in [6, 6.07) is 0.0108. The predicted molar refractivity (Wildman–Crippen MR) is 77.1 cm³/mol. The van der Waals surface area contributed by atoms with Gasteiger partial charge in [0.2, 0.25) is 11.9 Å². The molecule has 1 amide bonds. The number of aryl methyl sites for hydroxylation is 2. The van der Waals surface area contributed by atoms with Gasteiger partial charge in [0.15, 0.2) is 0 Å². The first kappa shape index (κ1) is 14.7. The zero-order valence-electron chi connectivity index (χ0n) is 12.2. The van der Waals surface area contributed by atoms with Gasteiger partial charge in [-0.2, -0.15) is 5.10 Å². The summed E-state index contributed by atoms with van der Waals surface area (Å²) in [5, 5.41) is 11.4. The molecule has 0 aromatic carbocycles. The maximum atomic E-state index is 11.3. The van der Waals surface area contributed by atoms with E-state index in [-0.39, 0.29) is 11.9 Å². The fourth-order valence-corrected chi connectivity index (χ4v) is 2.77. The van der Waals surface area contributed by atoms with Gasteiger partial charge in [-0.3, -0.25) is 4.79 Å². The van der Waals surface area contributed by atoms with Crippen LogP contribution in [-0.4, -0.2) is 27.1 Å². The zero-order valence-corrected chi connectivity index (χ0v) is 12.2. The third-order valence-electron chi connectivity index (χ3n) is 4.05. The smallest absolute Gasteiger partial charge is 0.243 e. The summed E-state index contributed by atoms with van der Waals surface area (Å²) < 4.78 is 0. The molecule has 1 saturated carbocycles. The number of hydrogen-bond acceptors (Lipinski definition) is 5. The third kappa shape index (κ3) is 3.88. The Morgan fingerprint density at radius 1 is 1.25 bits per heavy atom. The van der Waals surface area contributed by atoms with E-state index in [1.807, 2.05) is 13.8 Å². The number of rotatable bonds is 5. The Hall–Kier alpha value is -1.72. The maximum absolute atomic E-state index is 11.3. The van der Waals surface area contributed by atoms with Crippen molar-refractivity contribution >= 4 is 11.9 Å². The molecule has 0 radical (unpaired) electrons. The molecule has 1 atom stereocenters. The number of hydrogen-bond donors (Lipinski definition) is 2. The maximum Gasteiger partial charge on any atom is 0.243 e. The van der Waals surface area contributed by atoms with Gasteiger partial charge in [0.25, 0.3) is 0 Å². The molecule has 6 nitrogen and oxygen atoms in total. The van der Waals surface area contributed by atoms with Crippen LogP contribution in [0.15, 0.2) is 0 Å². The topological polar surface area (TPSA) is 93.8 Å². The molecule has 6 heteroatoms. The highest BCUT2D eigenvalue weighted by atomic mass is 16.1. The molecule has 2 rings (SSSR count).